The third-order valence-corrected chi connectivity index (χ3v) is 4.24. The standard InChI is InChI=1S/C11H14F3NS/c12-11(13,14)5-4-8(15)10-6-7-2-1-3-9(7)16-10/h6,8H,1-5,15H2. The molecule has 90 valence electrons. The lowest BCUT2D eigenvalue weighted by Crippen LogP contribution is -2.14. The largest absolute Gasteiger partial charge is 0.389 e. The van der Waals surface area contributed by atoms with Crippen molar-refractivity contribution in [3.05, 3.63) is 21.4 Å². The van der Waals surface area contributed by atoms with Gasteiger partial charge in [-0.25, -0.2) is 0 Å². The Hall–Kier alpha value is -0.550. The Balaban J connectivity index is 1.96. The van der Waals surface area contributed by atoms with Crippen LogP contribution >= 0.6 is 11.3 Å². The molecule has 1 nitrogen and oxygen atoms in total. The molecule has 1 aliphatic carbocycles. The number of hydrogen-bond donors (Lipinski definition) is 1. The van der Waals surface area contributed by atoms with E-state index in [9.17, 15) is 13.2 Å². The number of rotatable bonds is 3. The Bertz CT molecular complexity index is 348. The lowest BCUT2D eigenvalue weighted by Gasteiger charge is -2.11. The van der Waals surface area contributed by atoms with Crippen molar-refractivity contribution in [2.24, 2.45) is 5.73 Å². The van der Waals surface area contributed by atoms with Gasteiger partial charge in [-0.3, -0.25) is 0 Å². The fraction of sp³-hybridized carbons (Fsp3) is 0.636. The summed E-state index contributed by atoms with van der Waals surface area (Å²) in [7, 11) is 0. The zero-order valence-corrected chi connectivity index (χ0v) is 9.63. The average molecular weight is 249 g/mol. The second-order valence-corrected chi connectivity index (χ2v) is 5.38. The lowest BCUT2D eigenvalue weighted by molar-refractivity contribution is -0.136. The third-order valence-electron chi connectivity index (χ3n) is 2.87. The highest BCUT2D eigenvalue weighted by molar-refractivity contribution is 7.12. The van der Waals surface area contributed by atoms with Crippen LogP contribution in [0.1, 0.15) is 40.6 Å². The van der Waals surface area contributed by atoms with Crippen molar-refractivity contribution in [2.45, 2.75) is 44.3 Å². The summed E-state index contributed by atoms with van der Waals surface area (Å²) in [5.74, 6) is 0. The van der Waals surface area contributed by atoms with Crippen molar-refractivity contribution in [1.29, 1.82) is 0 Å². The Morgan fingerprint density at radius 2 is 2.12 bits per heavy atom. The topological polar surface area (TPSA) is 26.0 Å². The SMILES string of the molecule is NC(CCC(F)(F)F)c1cc2c(s1)CCC2. The lowest BCUT2D eigenvalue weighted by atomic mass is 10.1. The van der Waals surface area contributed by atoms with E-state index in [1.54, 1.807) is 11.3 Å². The van der Waals surface area contributed by atoms with Crippen LogP contribution in [0.25, 0.3) is 0 Å². The van der Waals surface area contributed by atoms with Crippen molar-refractivity contribution in [3.8, 4) is 0 Å². The number of aryl methyl sites for hydroxylation is 2. The quantitative estimate of drug-likeness (QED) is 0.870. The van der Waals surface area contributed by atoms with E-state index in [1.165, 1.54) is 16.9 Å². The summed E-state index contributed by atoms with van der Waals surface area (Å²) in [5.41, 5.74) is 7.07. The molecule has 2 rings (SSSR count). The molecule has 0 aliphatic heterocycles. The molecule has 0 radical (unpaired) electrons. The second kappa shape index (κ2) is 4.37. The van der Waals surface area contributed by atoms with Gasteiger partial charge < -0.3 is 5.73 Å². The molecular formula is C11H14F3NS. The van der Waals surface area contributed by atoms with Crippen LogP contribution in [-0.2, 0) is 12.8 Å². The molecule has 1 aromatic rings. The van der Waals surface area contributed by atoms with Crippen LogP contribution in [0.3, 0.4) is 0 Å². The molecule has 1 atom stereocenters. The van der Waals surface area contributed by atoms with E-state index in [0.717, 1.165) is 17.7 Å². The number of halogens is 3. The fourth-order valence-corrected chi connectivity index (χ4v) is 3.29. The minimum Gasteiger partial charge on any atom is -0.323 e. The van der Waals surface area contributed by atoms with Crippen LogP contribution < -0.4 is 5.73 Å². The molecule has 0 amide bonds. The second-order valence-electron chi connectivity index (χ2n) is 4.21. The first kappa shape index (κ1) is 11.9. The van der Waals surface area contributed by atoms with Gasteiger partial charge in [-0.15, -0.1) is 11.3 Å². The highest BCUT2D eigenvalue weighted by atomic mass is 32.1. The molecule has 1 aliphatic rings. The summed E-state index contributed by atoms with van der Waals surface area (Å²) in [5, 5.41) is 0. The first-order chi connectivity index (χ1) is 7.46. The minimum absolute atomic E-state index is 0.0110. The van der Waals surface area contributed by atoms with Gasteiger partial charge in [-0.05, 0) is 37.3 Å². The highest BCUT2D eigenvalue weighted by Gasteiger charge is 2.28. The molecule has 0 aromatic carbocycles. The Kier molecular flexibility index (Phi) is 3.26. The summed E-state index contributed by atoms with van der Waals surface area (Å²) in [6, 6.07) is 1.53. The molecule has 0 bridgehead atoms. The maximum absolute atomic E-state index is 12.0. The van der Waals surface area contributed by atoms with E-state index >= 15 is 0 Å². The molecule has 0 saturated heterocycles. The molecule has 5 heteroatoms. The van der Waals surface area contributed by atoms with Gasteiger partial charge in [-0.2, -0.15) is 13.2 Å². The third kappa shape index (κ3) is 2.77. The zero-order chi connectivity index (χ0) is 11.8. The minimum atomic E-state index is -4.10. The Labute approximate surface area is 96.5 Å². The number of thiophene rings is 1. The summed E-state index contributed by atoms with van der Waals surface area (Å²) in [4.78, 5) is 2.23. The Morgan fingerprint density at radius 3 is 2.75 bits per heavy atom. The summed E-state index contributed by atoms with van der Waals surface area (Å²) >= 11 is 1.59. The number of nitrogens with two attached hydrogens (primary N) is 1. The maximum atomic E-state index is 12.0. The molecule has 1 heterocycles. The van der Waals surface area contributed by atoms with Crippen molar-refractivity contribution in [3.63, 3.8) is 0 Å². The normalized spacial score (nSPS) is 17.5. The molecule has 16 heavy (non-hydrogen) atoms. The van der Waals surface area contributed by atoms with E-state index in [-0.39, 0.29) is 6.42 Å². The van der Waals surface area contributed by atoms with Gasteiger partial charge in [0.2, 0.25) is 0 Å². The maximum Gasteiger partial charge on any atom is 0.389 e. The number of alkyl halides is 3. The molecule has 0 saturated carbocycles. The van der Waals surface area contributed by atoms with E-state index in [4.69, 9.17) is 5.73 Å². The average Bonchev–Trinajstić information content (AvgIpc) is 2.71. The summed E-state index contributed by atoms with van der Waals surface area (Å²) in [6.45, 7) is 0. The highest BCUT2D eigenvalue weighted by Crippen LogP contribution is 2.35. The predicted molar refractivity (Wildman–Crippen MR) is 58.6 cm³/mol. The first-order valence-corrected chi connectivity index (χ1v) is 6.21. The molecule has 1 unspecified atom stereocenters. The van der Waals surface area contributed by atoms with Crippen molar-refractivity contribution >= 4 is 11.3 Å². The van der Waals surface area contributed by atoms with E-state index < -0.39 is 18.6 Å². The molecular weight excluding hydrogens is 235 g/mol. The first-order valence-electron chi connectivity index (χ1n) is 5.39. The van der Waals surface area contributed by atoms with Crippen LogP contribution in [0, 0.1) is 0 Å². The monoisotopic (exact) mass is 249 g/mol. The van der Waals surface area contributed by atoms with Crippen molar-refractivity contribution < 1.29 is 13.2 Å². The molecule has 0 fully saturated rings. The number of hydrogen-bond acceptors (Lipinski definition) is 2. The van der Waals surface area contributed by atoms with Gasteiger partial charge in [0.05, 0.1) is 0 Å². The van der Waals surface area contributed by atoms with Crippen LogP contribution in [0.5, 0.6) is 0 Å². The molecule has 0 spiro atoms. The number of fused-ring (bicyclic) bond motifs is 1. The van der Waals surface area contributed by atoms with Gasteiger partial charge in [-0.1, -0.05) is 0 Å². The summed E-state index contributed by atoms with van der Waals surface area (Å²) < 4.78 is 36.1. The van der Waals surface area contributed by atoms with Crippen molar-refractivity contribution in [2.75, 3.05) is 0 Å². The fourth-order valence-electron chi connectivity index (χ4n) is 2.00. The van der Waals surface area contributed by atoms with Crippen LogP contribution in [-0.4, -0.2) is 6.18 Å². The van der Waals surface area contributed by atoms with Crippen molar-refractivity contribution in [1.82, 2.24) is 0 Å². The van der Waals surface area contributed by atoms with Crippen LogP contribution in [0.2, 0.25) is 0 Å². The zero-order valence-electron chi connectivity index (χ0n) is 8.81. The van der Waals surface area contributed by atoms with E-state index in [2.05, 4.69) is 0 Å². The van der Waals surface area contributed by atoms with E-state index in [0.29, 0.717) is 0 Å². The van der Waals surface area contributed by atoms with Gasteiger partial charge in [0, 0.05) is 22.2 Å². The van der Waals surface area contributed by atoms with Crippen LogP contribution in [0.4, 0.5) is 13.2 Å². The Morgan fingerprint density at radius 1 is 1.38 bits per heavy atom. The summed E-state index contributed by atoms with van der Waals surface area (Å²) in [6.07, 6.45) is -1.62. The smallest absolute Gasteiger partial charge is 0.323 e. The predicted octanol–water partition coefficient (Wildman–Crippen LogP) is 3.58. The van der Waals surface area contributed by atoms with Gasteiger partial charge >= 0.3 is 6.18 Å². The molecule has 2 N–H and O–H groups in total. The van der Waals surface area contributed by atoms with Gasteiger partial charge in [0.1, 0.15) is 0 Å². The van der Waals surface area contributed by atoms with E-state index in [1.807, 2.05) is 6.07 Å². The molecule has 1 aromatic heterocycles. The van der Waals surface area contributed by atoms with Crippen LogP contribution in [0.15, 0.2) is 6.07 Å². The van der Waals surface area contributed by atoms with Gasteiger partial charge in [0.25, 0.3) is 0 Å². The van der Waals surface area contributed by atoms with Gasteiger partial charge in [0.15, 0.2) is 0 Å².